The molecule has 210 valence electrons. The molecule has 0 fully saturated rings. The van der Waals surface area contributed by atoms with Crippen LogP contribution >= 0.6 is 34.5 Å². The van der Waals surface area contributed by atoms with Gasteiger partial charge < -0.3 is 24.0 Å². The molecule has 0 spiro atoms. The molecular formula is C29H34Cl2N2O5S. The molecule has 7 nitrogen and oxygen atoms in total. The van der Waals surface area contributed by atoms with Gasteiger partial charge in [0.25, 0.3) is 5.91 Å². The Kier molecular flexibility index (Phi) is 11.9. The minimum atomic E-state index is -0.326. The summed E-state index contributed by atoms with van der Waals surface area (Å²) in [5.74, 6) is 0.802. The Labute approximate surface area is 244 Å². The van der Waals surface area contributed by atoms with E-state index < -0.39 is 0 Å². The number of carbonyl (C=O) groups is 2. The van der Waals surface area contributed by atoms with Crippen molar-refractivity contribution >= 4 is 46.4 Å². The Bertz CT molecular complexity index is 1270. The summed E-state index contributed by atoms with van der Waals surface area (Å²) in [5, 5.41) is 0.683. The van der Waals surface area contributed by atoms with Gasteiger partial charge in [-0.05, 0) is 67.8 Å². The predicted molar refractivity (Wildman–Crippen MR) is 157 cm³/mol. The van der Waals surface area contributed by atoms with Crippen LogP contribution in [-0.4, -0.2) is 69.2 Å². The van der Waals surface area contributed by atoms with Crippen molar-refractivity contribution in [1.82, 2.24) is 9.80 Å². The van der Waals surface area contributed by atoms with Gasteiger partial charge in [-0.2, -0.15) is 0 Å². The summed E-state index contributed by atoms with van der Waals surface area (Å²) in [5.41, 5.74) is 1.31. The molecule has 39 heavy (non-hydrogen) atoms. The summed E-state index contributed by atoms with van der Waals surface area (Å²) >= 11 is 14.0. The molecular weight excluding hydrogens is 559 g/mol. The average Bonchev–Trinajstić information content (AvgIpc) is 3.34. The number of carbonyl (C=O) groups excluding carboxylic acids is 2. The third kappa shape index (κ3) is 8.86. The number of thiophene rings is 1. The topological polar surface area (TPSA) is 68.3 Å². The lowest BCUT2D eigenvalue weighted by Gasteiger charge is -2.28. The Morgan fingerprint density at radius 2 is 1.67 bits per heavy atom. The van der Waals surface area contributed by atoms with Gasteiger partial charge >= 0.3 is 0 Å². The van der Waals surface area contributed by atoms with Crippen LogP contribution in [0.15, 0.2) is 48.5 Å². The number of rotatable bonds is 14. The van der Waals surface area contributed by atoms with Gasteiger partial charge in [0, 0.05) is 41.6 Å². The molecule has 0 atom stereocenters. The molecule has 0 saturated carbocycles. The maximum absolute atomic E-state index is 13.7. The van der Waals surface area contributed by atoms with E-state index in [1.54, 1.807) is 49.7 Å². The summed E-state index contributed by atoms with van der Waals surface area (Å²) in [4.78, 5) is 32.8. The van der Waals surface area contributed by atoms with Gasteiger partial charge in [0.1, 0.15) is 6.54 Å². The second kappa shape index (κ2) is 15.1. The van der Waals surface area contributed by atoms with Crippen molar-refractivity contribution < 1.29 is 23.8 Å². The molecule has 2 aromatic carbocycles. The van der Waals surface area contributed by atoms with Crippen LogP contribution in [0.5, 0.6) is 11.5 Å². The summed E-state index contributed by atoms with van der Waals surface area (Å²) in [7, 11) is 4.79. The van der Waals surface area contributed by atoms with Crippen LogP contribution in [0.2, 0.25) is 10.0 Å². The Hall–Kier alpha value is -2.78. The van der Waals surface area contributed by atoms with E-state index in [1.165, 1.54) is 15.8 Å². The van der Waals surface area contributed by atoms with E-state index in [9.17, 15) is 9.59 Å². The zero-order valence-corrected chi connectivity index (χ0v) is 25.0. The van der Waals surface area contributed by atoms with Gasteiger partial charge in [-0.25, -0.2) is 0 Å². The van der Waals surface area contributed by atoms with Crippen molar-refractivity contribution in [3.63, 3.8) is 0 Å². The normalized spacial score (nSPS) is 10.8. The SMILES string of the molecule is COCCCN(CC(=O)N(CCc1ccc(OC)c(OC)c1)Cc1ccc(C)s1)C(=O)c1ccc(Cl)cc1Cl. The highest BCUT2D eigenvalue weighted by atomic mass is 35.5. The van der Waals surface area contributed by atoms with E-state index in [0.717, 1.165) is 10.4 Å². The molecule has 2 amide bonds. The molecule has 0 saturated heterocycles. The quantitative estimate of drug-likeness (QED) is 0.211. The van der Waals surface area contributed by atoms with Crippen molar-refractivity contribution in [1.29, 1.82) is 0 Å². The van der Waals surface area contributed by atoms with Crippen LogP contribution in [0.25, 0.3) is 0 Å². The molecule has 1 heterocycles. The van der Waals surface area contributed by atoms with Gasteiger partial charge in [-0.1, -0.05) is 29.3 Å². The van der Waals surface area contributed by atoms with E-state index in [4.69, 9.17) is 37.4 Å². The molecule has 0 radical (unpaired) electrons. The second-order valence-electron chi connectivity index (χ2n) is 8.96. The number of benzene rings is 2. The zero-order chi connectivity index (χ0) is 28.4. The highest BCUT2D eigenvalue weighted by Crippen LogP contribution is 2.28. The maximum Gasteiger partial charge on any atom is 0.255 e. The molecule has 0 aliphatic heterocycles. The summed E-state index contributed by atoms with van der Waals surface area (Å²) in [6, 6.07) is 14.5. The average molecular weight is 594 g/mol. The van der Waals surface area contributed by atoms with E-state index in [-0.39, 0.29) is 23.4 Å². The van der Waals surface area contributed by atoms with Crippen LogP contribution < -0.4 is 9.47 Å². The van der Waals surface area contributed by atoms with Gasteiger partial charge in [0.15, 0.2) is 11.5 Å². The molecule has 0 N–H and O–H groups in total. The van der Waals surface area contributed by atoms with Crippen LogP contribution in [0, 0.1) is 6.92 Å². The number of aryl methyl sites for hydroxylation is 1. The third-order valence-electron chi connectivity index (χ3n) is 6.17. The highest BCUT2D eigenvalue weighted by molar-refractivity contribution is 7.11. The largest absolute Gasteiger partial charge is 0.493 e. The standard InChI is InChI=1S/C29H34Cl2N2O5S/c1-20-6-9-23(39-20)18-32(14-12-21-7-11-26(37-3)27(16-21)38-4)28(34)19-33(13-5-15-36-2)29(35)24-10-8-22(30)17-25(24)31/h6-11,16-17H,5,12-15,18-19H2,1-4H3. The number of nitrogens with zero attached hydrogens (tertiary/aromatic N) is 2. The fraction of sp³-hybridized carbons (Fsp3) is 0.379. The number of hydrogen-bond acceptors (Lipinski definition) is 6. The number of methoxy groups -OCH3 is 3. The highest BCUT2D eigenvalue weighted by Gasteiger charge is 2.24. The summed E-state index contributed by atoms with van der Waals surface area (Å²) in [6.07, 6.45) is 1.19. The molecule has 0 unspecified atom stereocenters. The smallest absolute Gasteiger partial charge is 0.255 e. The monoisotopic (exact) mass is 592 g/mol. The maximum atomic E-state index is 13.7. The van der Waals surface area contributed by atoms with Crippen molar-refractivity contribution in [2.45, 2.75) is 26.3 Å². The van der Waals surface area contributed by atoms with E-state index in [0.29, 0.717) is 61.2 Å². The molecule has 3 aromatic rings. The van der Waals surface area contributed by atoms with Crippen LogP contribution in [0.4, 0.5) is 0 Å². The fourth-order valence-corrected chi connectivity index (χ4v) is 5.49. The van der Waals surface area contributed by atoms with E-state index >= 15 is 0 Å². The molecule has 3 rings (SSSR count). The molecule has 10 heteroatoms. The third-order valence-corrected chi connectivity index (χ3v) is 7.70. The van der Waals surface area contributed by atoms with Crippen molar-refractivity contribution in [3.05, 3.63) is 79.5 Å². The van der Waals surface area contributed by atoms with Crippen molar-refractivity contribution in [2.24, 2.45) is 0 Å². The lowest BCUT2D eigenvalue weighted by Crippen LogP contribution is -2.44. The second-order valence-corrected chi connectivity index (χ2v) is 11.2. The Morgan fingerprint density at radius 3 is 2.31 bits per heavy atom. The lowest BCUT2D eigenvalue weighted by molar-refractivity contribution is -0.132. The zero-order valence-electron chi connectivity index (χ0n) is 22.7. The number of halogens is 2. The first-order valence-corrected chi connectivity index (χ1v) is 14.1. The molecule has 0 aliphatic carbocycles. The summed E-state index contributed by atoms with van der Waals surface area (Å²) in [6.45, 7) is 3.68. The lowest BCUT2D eigenvalue weighted by atomic mass is 10.1. The predicted octanol–water partition coefficient (Wildman–Crippen LogP) is 6.13. The van der Waals surface area contributed by atoms with Crippen LogP contribution in [0.1, 0.15) is 32.1 Å². The van der Waals surface area contributed by atoms with Crippen LogP contribution in [-0.2, 0) is 22.5 Å². The Morgan fingerprint density at radius 1 is 0.897 bits per heavy atom. The molecule has 1 aromatic heterocycles. The minimum absolute atomic E-state index is 0.0855. The number of ether oxygens (including phenoxy) is 3. The minimum Gasteiger partial charge on any atom is -0.493 e. The first-order chi connectivity index (χ1) is 18.7. The van der Waals surface area contributed by atoms with Crippen molar-refractivity contribution in [3.8, 4) is 11.5 Å². The van der Waals surface area contributed by atoms with E-state index in [1.807, 2.05) is 37.3 Å². The first-order valence-electron chi connectivity index (χ1n) is 12.5. The van der Waals surface area contributed by atoms with Crippen molar-refractivity contribution in [2.75, 3.05) is 47.6 Å². The fourth-order valence-electron chi connectivity index (χ4n) is 4.10. The van der Waals surface area contributed by atoms with Gasteiger partial charge in [0.2, 0.25) is 5.91 Å². The number of amides is 2. The van der Waals surface area contributed by atoms with Gasteiger partial charge in [-0.15, -0.1) is 11.3 Å². The summed E-state index contributed by atoms with van der Waals surface area (Å²) < 4.78 is 16.0. The first kappa shape index (κ1) is 30.8. The van der Waals surface area contributed by atoms with Gasteiger partial charge in [0.05, 0.1) is 31.4 Å². The Balaban J connectivity index is 1.82. The number of hydrogen-bond donors (Lipinski definition) is 0. The van der Waals surface area contributed by atoms with E-state index in [2.05, 4.69) is 0 Å². The molecule has 0 bridgehead atoms. The van der Waals surface area contributed by atoms with Crippen LogP contribution in [0.3, 0.4) is 0 Å². The van der Waals surface area contributed by atoms with Gasteiger partial charge in [-0.3, -0.25) is 9.59 Å². The molecule has 0 aliphatic rings.